The van der Waals surface area contributed by atoms with E-state index in [1.807, 2.05) is 0 Å². The Morgan fingerprint density at radius 1 is 1.29 bits per heavy atom. The van der Waals surface area contributed by atoms with Gasteiger partial charge in [0.25, 0.3) is 5.92 Å². The maximum Gasteiger partial charge on any atom is 0.278 e. The van der Waals surface area contributed by atoms with Gasteiger partial charge in [-0.2, -0.15) is 5.26 Å². The highest BCUT2D eigenvalue weighted by atomic mass is 35.5. The van der Waals surface area contributed by atoms with Crippen molar-refractivity contribution in [2.75, 3.05) is 5.32 Å². The van der Waals surface area contributed by atoms with E-state index >= 15 is 0 Å². The Morgan fingerprint density at radius 2 is 2.03 bits per heavy atom. The van der Waals surface area contributed by atoms with Crippen LogP contribution >= 0.6 is 11.6 Å². The van der Waals surface area contributed by atoms with Crippen molar-refractivity contribution in [3.63, 3.8) is 0 Å². The summed E-state index contributed by atoms with van der Waals surface area (Å²) in [7, 11) is 0. The highest BCUT2D eigenvalue weighted by Crippen LogP contribution is 2.50. The molecule has 0 radical (unpaired) electrons. The smallest absolute Gasteiger partial charge is 0.278 e. The summed E-state index contributed by atoms with van der Waals surface area (Å²) in [5.41, 5.74) is -0.279. The van der Waals surface area contributed by atoms with Crippen molar-refractivity contribution in [3.05, 3.63) is 58.3 Å². The van der Waals surface area contributed by atoms with Crippen molar-refractivity contribution in [3.8, 4) is 6.07 Å². The van der Waals surface area contributed by atoms with E-state index in [-0.39, 0.29) is 17.3 Å². The SMILES string of the molecule is CC(C)C(F)(F)c1cccc(CNc2ncnc3nc(Cl)c(C4(C#N)CC4)cc23)c1F. The van der Waals surface area contributed by atoms with Crippen LogP contribution in [0.2, 0.25) is 5.15 Å². The van der Waals surface area contributed by atoms with Gasteiger partial charge in [0.1, 0.15) is 23.1 Å². The summed E-state index contributed by atoms with van der Waals surface area (Å²) in [4.78, 5) is 12.6. The number of fused-ring (bicyclic) bond motifs is 1. The quantitative estimate of drug-likeness (QED) is 0.490. The van der Waals surface area contributed by atoms with Crippen LogP contribution in [0, 0.1) is 23.1 Å². The lowest BCUT2D eigenvalue weighted by atomic mass is 9.95. The van der Waals surface area contributed by atoms with Gasteiger partial charge in [-0.25, -0.2) is 28.1 Å². The number of hydrogen-bond donors (Lipinski definition) is 1. The Bertz CT molecular complexity index is 1200. The summed E-state index contributed by atoms with van der Waals surface area (Å²) < 4.78 is 43.6. The molecule has 1 fully saturated rings. The van der Waals surface area contributed by atoms with Crippen LogP contribution in [0.25, 0.3) is 11.0 Å². The fourth-order valence-corrected chi connectivity index (χ4v) is 3.79. The van der Waals surface area contributed by atoms with Gasteiger partial charge in [-0.3, -0.25) is 0 Å². The number of rotatable bonds is 6. The van der Waals surface area contributed by atoms with Gasteiger partial charge in [-0.15, -0.1) is 0 Å². The van der Waals surface area contributed by atoms with Crippen molar-refractivity contribution in [1.29, 1.82) is 5.26 Å². The predicted octanol–water partition coefficient (Wildman–Crippen LogP) is 5.73. The first kappa shape index (κ1) is 21.3. The van der Waals surface area contributed by atoms with Gasteiger partial charge in [-0.1, -0.05) is 43.6 Å². The first-order valence-corrected chi connectivity index (χ1v) is 10.2. The second kappa shape index (κ2) is 7.65. The third kappa shape index (κ3) is 3.68. The molecule has 0 aliphatic heterocycles. The van der Waals surface area contributed by atoms with Gasteiger partial charge in [0.05, 0.1) is 22.4 Å². The van der Waals surface area contributed by atoms with E-state index in [9.17, 15) is 18.4 Å². The van der Waals surface area contributed by atoms with Crippen molar-refractivity contribution in [1.82, 2.24) is 15.0 Å². The third-order valence-electron chi connectivity index (χ3n) is 5.67. The van der Waals surface area contributed by atoms with Crippen LogP contribution in [-0.2, 0) is 17.9 Å². The molecule has 1 aromatic carbocycles. The van der Waals surface area contributed by atoms with Crippen LogP contribution < -0.4 is 5.32 Å². The Kier molecular flexibility index (Phi) is 5.26. The van der Waals surface area contributed by atoms with E-state index in [0.29, 0.717) is 35.3 Å². The summed E-state index contributed by atoms with van der Waals surface area (Å²) >= 11 is 6.27. The minimum atomic E-state index is -3.28. The normalized spacial score (nSPS) is 15.2. The molecule has 0 amide bonds. The minimum absolute atomic E-state index is 0.0681. The van der Waals surface area contributed by atoms with Gasteiger partial charge < -0.3 is 5.32 Å². The predicted molar refractivity (Wildman–Crippen MR) is 111 cm³/mol. The highest BCUT2D eigenvalue weighted by Gasteiger charge is 2.47. The Morgan fingerprint density at radius 3 is 2.68 bits per heavy atom. The summed E-state index contributed by atoms with van der Waals surface area (Å²) in [5.74, 6) is -4.92. The zero-order valence-corrected chi connectivity index (χ0v) is 17.6. The van der Waals surface area contributed by atoms with Crippen LogP contribution in [0.4, 0.5) is 19.0 Å². The Hall–Kier alpha value is -2.92. The van der Waals surface area contributed by atoms with Gasteiger partial charge in [0.15, 0.2) is 5.65 Å². The van der Waals surface area contributed by atoms with Crippen molar-refractivity contribution >= 4 is 28.5 Å². The second-order valence-corrected chi connectivity index (χ2v) is 8.38. The molecule has 1 aliphatic rings. The van der Waals surface area contributed by atoms with Crippen molar-refractivity contribution < 1.29 is 13.2 Å². The molecule has 1 N–H and O–H groups in total. The Balaban J connectivity index is 1.68. The van der Waals surface area contributed by atoms with Crippen molar-refractivity contribution in [2.24, 2.45) is 5.92 Å². The average Bonchev–Trinajstić information content (AvgIpc) is 3.53. The number of nitriles is 1. The maximum absolute atomic E-state index is 14.9. The number of anilines is 1. The average molecular weight is 446 g/mol. The molecule has 0 bridgehead atoms. The third-order valence-corrected chi connectivity index (χ3v) is 5.95. The number of aromatic nitrogens is 3. The number of nitrogens with one attached hydrogen (secondary N) is 1. The summed E-state index contributed by atoms with van der Waals surface area (Å²) in [6.07, 6.45) is 2.66. The number of benzene rings is 1. The number of pyridine rings is 1. The standard InChI is InChI=1S/C22H19ClF3N5/c1-12(2)22(25,26)15-5-3-4-13(17(15)24)9-28-19-14-8-16(21(10-27)6-7-21)18(23)31-20(14)30-11-29-19/h3-5,8,11-12H,6-7,9H2,1-2H3,(H,28,29,30,31). The summed E-state index contributed by atoms with van der Waals surface area (Å²) in [6, 6.07) is 7.97. The van der Waals surface area contributed by atoms with Crippen LogP contribution in [0.3, 0.4) is 0 Å². The number of nitrogens with zero attached hydrogens (tertiary/aromatic N) is 4. The van der Waals surface area contributed by atoms with Gasteiger partial charge in [-0.05, 0) is 18.9 Å². The van der Waals surface area contributed by atoms with E-state index in [4.69, 9.17) is 11.6 Å². The van der Waals surface area contributed by atoms with Gasteiger partial charge in [0, 0.05) is 23.6 Å². The molecule has 31 heavy (non-hydrogen) atoms. The van der Waals surface area contributed by atoms with Crippen LogP contribution in [0.1, 0.15) is 43.4 Å². The van der Waals surface area contributed by atoms with E-state index < -0.39 is 28.6 Å². The molecule has 3 aromatic rings. The maximum atomic E-state index is 14.9. The second-order valence-electron chi connectivity index (χ2n) is 8.02. The molecule has 4 rings (SSSR count). The molecular formula is C22H19ClF3N5. The molecule has 5 nitrogen and oxygen atoms in total. The van der Waals surface area contributed by atoms with Gasteiger partial charge in [0.2, 0.25) is 0 Å². The number of hydrogen-bond acceptors (Lipinski definition) is 5. The van der Waals surface area contributed by atoms with Crippen molar-refractivity contribution in [2.45, 2.75) is 44.6 Å². The minimum Gasteiger partial charge on any atom is -0.365 e. The summed E-state index contributed by atoms with van der Waals surface area (Å²) in [5, 5.41) is 13.2. The fourth-order valence-electron chi connectivity index (χ4n) is 3.47. The van der Waals surface area contributed by atoms with Crippen LogP contribution in [-0.4, -0.2) is 15.0 Å². The lowest BCUT2D eigenvalue weighted by Gasteiger charge is -2.22. The number of alkyl halides is 2. The van der Waals surface area contributed by atoms with Crippen LogP contribution in [0.5, 0.6) is 0 Å². The first-order valence-electron chi connectivity index (χ1n) is 9.82. The lowest BCUT2D eigenvalue weighted by Crippen LogP contribution is -2.23. The molecule has 0 atom stereocenters. The first-order chi connectivity index (χ1) is 14.7. The number of halogens is 4. The van der Waals surface area contributed by atoms with Crippen LogP contribution in [0.15, 0.2) is 30.6 Å². The lowest BCUT2D eigenvalue weighted by molar-refractivity contribution is -0.0544. The molecule has 160 valence electrons. The molecule has 2 aromatic heterocycles. The highest BCUT2D eigenvalue weighted by molar-refractivity contribution is 6.30. The largest absolute Gasteiger partial charge is 0.365 e. The molecule has 0 unspecified atom stereocenters. The molecular weight excluding hydrogens is 427 g/mol. The zero-order chi connectivity index (χ0) is 22.4. The fraction of sp³-hybridized carbons (Fsp3) is 0.364. The van der Waals surface area contributed by atoms with Gasteiger partial charge >= 0.3 is 0 Å². The molecule has 2 heterocycles. The topological polar surface area (TPSA) is 74.5 Å². The Labute approximate surface area is 182 Å². The van der Waals surface area contributed by atoms with E-state index in [2.05, 4.69) is 26.3 Å². The molecule has 0 spiro atoms. The zero-order valence-electron chi connectivity index (χ0n) is 16.9. The molecule has 1 aliphatic carbocycles. The van der Waals surface area contributed by atoms with E-state index in [1.54, 1.807) is 6.07 Å². The molecule has 1 saturated carbocycles. The molecule has 9 heteroatoms. The molecule has 0 saturated heterocycles. The monoisotopic (exact) mass is 445 g/mol. The summed E-state index contributed by atoms with van der Waals surface area (Å²) in [6.45, 7) is 2.63. The van der Waals surface area contributed by atoms with E-state index in [0.717, 1.165) is 6.07 Å². The van der Waals surface area contributed by atoms with E-state index in [1.165, 1.54) is 32.3 Å².